The monoisotopic (exact) mass is 526 g/mol. The highest BCUT2D eigenvalue weighted by atomic mass is 16.7. The number of fused-ring (bicyclic) bond motifs is 2. The second-order valence-corrected chi connectivity index (χ2v) is 10.0. The van der Waals surface area contributed by atoms with Crippen LogP contribution in [0.15, 0.2) is 42.0 Å². The van der Waals surface area contributed by atoms with Gasteiger partial charge in [-0.3, -0.25) is 9.59 Å². The highest BCUT2D eigenvalue weighted by Crippen LogP contribution is 2.40. The zero-order valence-electron chi connectivity index (χ0n) is 21.2. The Hall–Kier alpha value is -3.05. The summed E-state index contributed by atoms with van der Waals surface area (Å²) in [6.07, 6.45) is 8.38. The van der Waals surface area contributed by atoms with Gasteiger partial charge >= 0.3 is 5.97 Å². The number of carbonyl (C=O) groups is 3. The fraction of sp³-hybridized carbons (Fsp3) is 0.536. The van der Waals surface area contributed by atoms with Crippen molar-refractivity contribution in [2.75, 3.05) is 26.5 Å². The molecule has 0 radical (unpaired) electrons. The van der Waals surface area contributed by atoms with E-state index in [9.17, 15) is 14.4 Å². The lowest BCUT2D eigenvalue weighted by Gasteiger charge is -2.30. The maximum atomic E-state index is 13.3. The van der Waals surface area contributed by atoms with Gasteiger partial charge in [0.25, 0.3) is 0 Å². The Labute approximate surface area is 221 Å². The number of esters is 1. The molecule has 38 heavy (non-hydrogen) atoms. The van der Waals surface area contributed by atoms with Gasteiger partial charge in [-0.2, -0.15) is 0 Å². The van der Waals surface area contributed by atoms with Crippen molar-refractivity contribution >= 4 is 23.9 Å². The second-order valence-electron chi connectivity index (χ2n) is 10.0. The third-order valence-electron chi connectivity index (χ3n) is 7.39. The van der Waals surface area contributed by atoms with Gasteiger partial charge in [-0.05, 0) is 42.9 Å². The highest BCUT2D eigenvalue weighted by molar-refractivity contribution is 5.95. The molecule has 3 N–H and O–H groups in total. The van der Waals surface area contributed by atoms with Crippen LogP contribution in [-0.4, -0.2) is 79.9 Å². The molecule has 204 valence electrons. The van der Waals surface area contributed by atoms with Crippen LogP contribution in [0, 0.1) is 5.92 Å². The molecule has 2 aliphatic carbocycles. The van der Waals surface area contributed by atoms with Crippen molar-refractivity contribution in [3.63, 3.8) is 0 Å². The fourth-order valence-electron chi connectivity index (χ4n) is 5.29. The summed E-state index contributed by atoms with van der Waals surface area (Å²) in [5, 5.41) is 14.0. The lowest BCUT2D eigenvalue weighted by molar-refractivity contribution is -0.121. The van der Waals surface area contributed by atoms with Gasteiger partial charge in [0.05, 0.1) is 24.4 Å². The Kier molecular flexibility index (Phi) is 8.53. The zero-order chi connectivity index (χ0) is 26.5. The van der Waals surface area contributed by atoms with E-state index < -0.39 is 24.3 Å². The van der Waals surface area contributed by atoms with Crippen LogP contribution in [0.5, 0.6) is 0 Å². The number of carbonyl (C=O) groups excluding carboxylic acids is 3. The van der Waals surface area contributed by atoms with Gasteiger partial charge in [0.2, 0.25) is 11.8 Å². The smallest absolute Gasteiger partial charge is 0.339 e. The van der Waals surface area contributed by atoms with Gasteiger partial charge in [-0.25, -0.2) is 4.79 Å². The van der Waals surface area contributed by atoms with Crippen molar-refractivity contribution in [1.82, 2.24) is 10.6 Å². The average Bonchev–Trinajstić information content (AvgIpc) is 3.55. The Bertz CT molecular complexity index is 1100. The van der Waals surface area contributed by atoms with Crippen LogP contribution in [0.1, 0.15) is 48.0 Å². The summed E-state index contributed by atoms with van der Waals surface area (Å²) in [4.78, 5) is 37.8. The number of ether oxygens (including phenoxy) is 4. The van der Waals surface area contributed by atoms with Gasteiger partial charge in [0.1, 0.15) is 25.1 Å². The van der Waals surface area contributed by atoms with E-state index in [-0.39, 0.29) is 51.1 Å². The first-order chi connectivity index (χ1) is 18.5. The maximum Gasteiger partial charge on any atom is 0.339 e. The molecule has 2 heterocycles. The largest absolute Gasteiger partial charge is 0.456 e. The van der Waals surface area contributed by atoms with Crippen LogP contribution in [0.4, 0.5) is 0 Å². The van der Waals surface area contributed by atoms with Gasteiger partial charge in [-0.1, -0.05) is 30.4 Å². The number of hydrogen-bond acceptors (Lipinski definition) is 8. The summed E-state index contributed by atoms with van der Waals surface area (Å²) in [5.74, 6) is -0.677. The summed E-state index contributed by atoms with van der Waals surface area (Å²) in [5.41, 5.74) is 1.64. The average molecular weight is 527 g/mol. The molecule has 0 bridgehead atoms. The molecule has 2 amide bonds. The number of benzene rings is 1. The molecule has 1 saturated carbocycles. The van der Waals surface area contributed by atoms with Crippen LogP contribution < -0.4 is 10.6 Å². The minimum atomic E-state index is -0.701. The third-order valence-corrected chi connectivity index (χ3v) is 7.39. The Balaban J connectivity index is 1.20. The molecule has 0 aromatic heterocycles. The summed E-state index contributed by atoms with van der Waals surface area (Å²) >= 11 is 0. The fourth-order valence-corrected chi connectivity index (χ4v) is 5.29. The van der Waals surface area contributed by atoms with Crippen molar-refractivity contribution in [3.05, 3.63) is 53.1 Å². The first-order valence-electron chi connectivity index (χ1n) is 13.2. The van der Waals surface area contributed by atoms with Gasteiger partial charge in [-0.15, -0.1) is 0 Å². The van der Waals surface area contributed by atoms with E-state index in [0.29, 0.717) is 29.3 Å². The zero-order valence-corrected chi connectivity index (χ0v) is 21.2. The quantitative estimate of drug-likeness (QED) is 0.308. The van der Waals surface area contributed by atoms with Crippen LogP contribution in [0.25, 0.3) is 6.08 Å². The topological polar surface area (TPSA) is 136 Å². The molecule has 0 spiro atoms. The molecule has 3 fully saturated rings. The molecule has 10 heteroatoms. The normalized spacial score (nSPS) is 29.7. The summed E-state index contributed by atoms with van der Waals surface area (Å²) in [6.45, 7) is 0.206. The number of hydrogen-bond donors (Lipinski definition) is 3. The van der Waals surface area contributed by atoms with Gasteiger partial charge < -0.3 is 34.7 Å². The molecule has 1 aromatic carbocycles. The molecule has 10 nitrogen and oxygen atoms in total. The molecule has 4 aliphatic rings. The number of amides is 2. The van der Waals surface area contributed by atoms with Gasteiger partial charge in [0.15, 0.2) is 0 Å². The standard InChI is InChI=1S/C28H34N2O8/c31-12-11-29-25(32)9-10-30-27(33)19-14-23-26(36-16-35-23)24(15-19)38-28(34)20-4-2-1-3-18(20)7-5-17-6-8-21-22(13-17)37-21/h1-5,7,14,17,21-24,26,31H,6,8-13,15-16H2,(H,29,32)(H,30,33). The van der Waals surface area contributed by atoms with E-state index >= 15 is 0 Å². The van der Waals surface area contributed by atoms with Gasteiger partial charge in [0, 0.05) is 31.5 Å². The molecule has 6 atom stereocenters. The van der Waals surface area contributed by atoms with E-state index in [2.05, 4.69) is 16.7 Å². The molecule has 6 unspecified atom stereocenters. The minimum Gasteiger partial charge on any atom is -0.456 e. The van der Waals surface area contributed by atoms with Crippen molar-refractivity contribution in [3.8, 4) is 0 Å². The lowest BCUT2D eigenvalue weighted by atomic mass is 9.88. The SMILES string of the molecule is O=C(CCNC(=O)C1=CC2OCOC2C(OC(=O)c2ccccc2C=CC2CCC3OC3C2)C1)NCCO. The molecular weight excluding hydrogens is 492 g/mol. The van der Waals surface area contributed by atoms with Crippen LogP contribution in [0.3, 0.4) is 0 Å². The summed E-state index contributed by atoms with van der Waals surface area (Å²) < 4.78 is 22.8. The van der Waals surface area contributed by atoms with Crippen molar-refractivity contribution in [2.24, 2.45) is 5.92 Å². The van der Waals surface area contributed by atoms with Crippen LogP contribution in [-0.2, 0) is 28.5 Å². The number of epoxide rings is 1. The number of allylic oxidation sites excluding steroid dienone is 1. The van der Waals surface area contributed by atoms with E-state index in [1.54, 1.807) is 18.2 Å². The van der Waals surface area contributed by atoms with Crippen molar-refractivity contribution < 1.29 is 38.4 Å². The molecule has 1 aromatic rings. The number of rotatable bonds is 10. The van der Waals surface area contributed by atoms with E-state index in [4.69, 9.17) is 24.1 Å². The molecular formula is C28H34N2O8. The first kappa shape index (κ1) is 26.6. The number of nitrogens with one attached hydrogen (secondary N) is 2. The van der Waals surface area contributed by atoms with Crippen LogP contribution in [0.2, 0.25) is 0 Å². The third kappa shape index (κ3) is 6.50. The predicted molar refractivity (Wildman–Crippen MR) is 136 cm³/mol. The molecule has 2 aliphatic heterocycles. The van der Waals surface area contributed by atoms with Crippen molar-refractivity contribution in [2.45, 2.75) is 62.6 Å². The summed E-state index contributed by atoms with van der Waals surface area (Å²) in [7, 11) is 0. The Morgan fingerprint density at radius 3 is 2.79 bits per heavy atom. The Morgan fingerprint density at radius 2 is 1.95 bits per heavy atom. The van der Waals surface area contributed by atoms with Crippen LogP contribution >= 0.6 is 0 Å². The number of aliphatic hydroxyl groups is 1. The summed E-state index contributed by atoms with van der Waals surface area (Å²) in [6, 6.07) is 7.31. The molecule has 5 rings (SSSR count). The maximum absolute atomic E-state index is 13.3. The lowest BCUT2D eigenvalue weighted by Crippen LogP contribution is -2.43. The minimum absolute atomic E-state index is 0.0477. The first-order valence-corrected chi connectivity index (χ1v) is 13.2. The highest BCUT2D eigenvalue weighted by Gasteiger charge is 2.44. The van der Waals surface area contributed by atoms with Crippen molar-refractivity contribution in [1.29, 1.82) is 0 Å². The molecule has 2 saturated heterocycles. The predicted octanol–water partition coefficient (Wildman–Crippen LogP) is 1.48. The second kappa shape index (κ2) is 12.2. The van der Waals surface area contributed by atoms with E-state index in [0.717, 1.165) is 24.8 Å². The van der Waals surface area contributed by atoms with E-state index in [1.165, 1.54) is 0 Å². The van der Waals surface area contributed by atoms with E-state index in [1.807, 2.05) is 18.2 Å². The Morgan fingerprint density at radius 1 is 1.08 bits per heavy atom. The number of aliphatic hydroxyl groups excluding tert-OH is 1.